The van der Waals surface area contributed by atoms with Gasteiger partial charge in [0.2, 0.25) is 0 Å². The minimum absolute atomic E-state index is 0.0824. The second-order valence-electron chi connectivity index (χ2n) is 7.72. The highest BCUT2D eigenvalue weighted by Crippen LogP contribution is 2.55. The van der Waals surface area contributed by atoms with Gasteiger partial charge in [-0.1, -0.05) is 13.8 Å². The van der Waals surface area contributed by atoms with Crippen molar-refractivity contribution in [2.45, 2.75) is 58.2 Å². The van der Waals surface area contributed by atoms with Crippen LogP contribution in [-0.4, -0.2) is 24.8 Å². The highest BCUT2D eigenvalue weighted by molar-refractivity contribution is 5.73. The molecule has 2 heterocycles. The molecular weight excluding hydrogens is 252 g/mol. The number of rotatable bonds is 3. The van der Waals surface area contributed by atoms with Crippen molar-refractivity contribution in [1.29, 1.82) is 0 Å². The Morgan fingerprint density at radius 1 is 1.15 bits per heavy atom. The van der Waals surface area contributed by atoms with Gasteiger partial charge in [-0.05, 0) is 55.8 Å². The van der Waals surface area contributed by atoms with E-state index in [9.17, 15) is 4.79 Å². The molecule has 3 heteroatoms. The van der Waals surface area contributed by atoms with Crippen molar-refractivity contribution in [2.75, 3.05) is 6.61 Å². The Morgan fingerprint density at radius 3 is 2.60 bits per heavy atom. The van der Waals surface area contributed by atoms with E-state index in [0.717, 1.165) is 31.1 Å². The first-order valence-electron chi connectivity index (χ1n) is 8.45. The molecule has 8 atom stereocenters. The first kappa shape index (κ1) is 13.1. The van der Waals surface area contributed by atoms with E-state index in [1.165, 1.54) is 12.8 Å². The molecule has 0 aromatic carbocycles. The van der Waals surface area contributed by atoms with Gasteiger partial charge in [0.15, 0.2) is 0 Å². The minimum Gasteiger partial charge on any atom is -0.465 e. The van der Waals surface area contributed by atoms with E-state index in [1.807, 2.05) is 0 Å². The fraction of sp³-hybridized carbons (Fsp3) is 0.941. The zero-order valence-electron chi connectivity index (χ0n) is 12.6. The molecule has 8 unspecified atom stereocenters. The first-order chi connectivity index (χ1) is 9.63. The Morgan fingerprint density at radius 2 is 2.00 bits per heavy atom. The average Bonchev–Trinajstić information content (AvgIpc) is 3.19. The molecule has 0 N–H and O–H groups in total. The van der Waals surface area contributed by atoms with Crippen LogP contribution in [0.3, 0.4) is 0 Å². The van der Waals surface area contributed by atoms with Crippen LogP contribution in [0.2, 0.25) is 0 Å². The van der Waals surface area contributed by atoms with Gasteiger partial charge in [0.25, 0.3) is 0 Å². The standard InChI is InChI=1S/C17H26O3/c1-9-10(2)14-6-11(9)7-15(14)17(18)19-8-12-5-13-3-4-16(12)20-13/h9-16H,3-8H2,1-2H3. The summed E-state index contributed by atoms with van der Waals surface area (Å²) in [5, 5.41) is 0. The first-order valence-corrected chi connectivity index (χ1v) is 8.45. The summed E-state index contributed by atoms with van der Waals surface area (Å²) < 4.78 is 11.5. The lowest BCUT2D eigenvalue weighted by Gasteiger charge is -2.30. The Bertz CT molecular complexity index is 405. The summed E-state index contributed by atoms with van der Waals surface area (Å²) in [5.41, 5.74) is 0. The Labute approximate surface area is 121 Å². The van der Waals surface area contributed by atoms with Crippen molar-refractivity contribution in [1.82, 2.24) is 0 Å². The summed E-state index contributed by atoms with van der Waals surface area (Å²) in [4.78, 5) is 12.4. The van der Waals surface area contributed by atoms with Gasteiger partial charge < -0.3 is 9.47 Å². The van der Waals surface area contributed by atoms with Crippen molar-refractivity contribution >= 4 is 5.97 Å². The van der Waals surface area contributed by atoms with Crippen LogP contribution in [0.4, 0.5) is 0 Å². The van der Waals surface area contributed by atoms with E-state index in [0.29, 0.717) is 36.6 Å². The molecule has 4 bridgehead atoms. The quantitative estimate of drug-likeness (QED) is 0.744. The van der Waals surface area contributed by atoms with Crippen LogP contribution in [-0.2, 0) is 14.3 Å². The van der Waals surface area contributed by atoms with Gasteiger partial charge in [0.1, 0.15) is 0 Å². The van der Waals surface area contributed by atoms with Crippen LogP contribution in [0.1, 0.15) is 46.0 Å². The van der Waals surface area contributed by atoms with E-state index in [2.05, 4.69) is 13.8 Å². The second-order valence-corrected chi connectivity index (χ2v) is 7.72. The Balaban J connectivity index is 1.31. The molecule has 3 nitrogen and oxygen atoms in total. The number of ether oxygens (including phenoxy) is 2. The summed E-state index contributed by atoms with van der Waals surface area (Å²) in [6.07, 6.45) is 6.61. The van der Waals surface area contributed by atoms with E-state index in [-0.39, 0.29) is 11.9 Å². The fourth-order valence-electron chi connectivity index (χ4n) is 5.43. The summed E-state index contributed by atoms with van der Waals surface area (Å²) in [7, 11) is 0. The predicted molar refractivity (Wildman–Crippen MR) is 75.0 cm³/mol. The number of carbonyl (C=O) groups is 1. The summed E-state index contributed by atoms with van der Waals surface area (Å²) >= 11 is 0. The normalized spacial score (nSPS) is 52.7. The number of esters is 1. The fourth-order valence-corrected chi connectivity index (χ4v) is 5.43. The van der Waals surface area contributed by atoms with E-state index >= 15 is 0 Å². The third-order valence-corrected chi connectivity index (χ3v) is 6.87. The number of carbonyl (C=O) groups excluding carboxylic acids is 1. The third kappa shape index (κ3) is 1.93. The largest absolute Gasteiger partial charge is 0.465 e. The Kier molecular flexibility index (Phi) is 3.10. The predicted octanol–water partition coefficient (Wildman–Crippen LogP) is 3.03. The number of fused-ring (bicyclic) bond motifs is 4. The smallest absolute Gasteiger partial charge is 0.309 e. The second kappa shape index (κ2) is 4.72. The molecule has 4 aliphatic rings. The zero-order chi connectivity index (χ0) is 13.9. The lowest BCUT2D eigenvalue weighted by atomic mass is 9.76. The molecule has 0 spiro atoms. The van der Waals surface area contributed by atoms with E-state index in [4.69, 9.17) is 9.47 Å². The highest BCUT2D eigenvalue weighted by Gasteiger charge is 2.52. The Hall–Kier alpha value is -0.570. The molecule has 20 heavy (non-hydrogen) atoms. The molecule has 2 saturated heterocycles. The summed E-state index contributed by atoms with van der Waals surface area (Å²) in [6.45, 7) is 5.26. The molecule has 2 saturated carbocycles. The topological polar surface area (TPSA) is 35.5 Å². The van der Waals surface area contributed by atoms with E-state index < -0.39 is 0 Å². The van der Waals surface area contributed by atoms with Crippen LogP contribution >= 0.6 is 0 Å². The van der Waals surface area contributed by atoms with Crippen molar-refractivity contribution in [3.05, 3.63) is 0 Å². The maximum atomic E-state index is 12.4. The maximum Gasteiger partial charge on any atom is 0.309 e. The summed E-state index contributed by atoms with van der Waals surface area (Å²) in [5.74, 6) is 3.56. The molecule has 0 amide bonds. The van der Waals surface area contributed by atoms with Crippen molar-refractivity contribution < 1.29 is 14.3 Å². The molecule has 2 aliphatic heterocycles. The zero-order valence-corrected chi connectivity index (χ0v) is 12.6. The maximum absolute atomic E-state index is 12.4. The van der Waals surface area contributed by atoms with Crippen LogP contribution in [0.15, 0.2) is 0 Å². The van der Waals surface area contributed by atoms with Crippen LogP contribution in [0.5, 0.6) is 0 Å². The monoisotopic (exact) mass is 278 g/mol. The van der Waals surface area contributed by atoms with Crippen molar-refractivity contribution in [2.24, 2.45) is 35.5 Å². The van der Waals surface area contributed by atoms with Gasteiger partial charge >= 0.3 is 5.97 Å². The van der Waals surface area contributed by atoms with Crippen LogP contribution in [0, 0.1) is 35.5 Å². The highest BCUT2D eigenvalue weighted by atomic mass is 16.5. The lowest BCUT2D eigenvalue weighted by Crippen LogP contribution is -2.32. The van der Waals surface area contributed by atoms with Gasteiger partial charge in [-0.15, -0.1) is 0 Å². The minimum atomic E-state index is 0.0824. The number of hydrogen-bond acceptors (Lipinski definition) is 3. The molecular formula is C17H26O3. The molecule has 0 aromatic rings. The van der Waals surface area contributed by atoms with Crippen LogP contribution < -0.4 is 0 Å². The molecule has 0 aromatic heterocycles. The molecule has 112 valence electrons. The van der Waals surface area contributed by atoms with Gasteiger partial charge in [-0.3, -0.25) is 4.79 Å². The van der Waals surface area contributed by atoms with Crippen molar-refractivity contribution in [3.63, 3.8) is 0 Å². The molecule has 4 rings (SSSR count). The van der Waals surface area contributed by atoms with E-state index in [1.54, 1.807) is 0 Å². The van der Waals surface area contributed by atoms with Gasteiger partial charge in [0, 0.05) is 5.92 Å². The van der Waals surface area contributed by atoms with Gasteiger partial charge in [-0.2, -0.15) is 0 Å². The molecule has 4 fully saturated rings. The molecule has 0 radical (unpaired) electrons. The SMILES string of the molecule is CC1C2CC(C(=O)OCC3CC4CCC3O4)C(C2)C1C. The third-order valence-electron chi connectivity index (χ3n) is 6.87. The molecule has 2 aliphatic carbocycles. The van der Waals surface area contributed by atoms with Gasteiger partial charge in [0.05, 0.1) is 24.7 Å². The number of hydrogen-bond donors (Lipinski definition) is 0. The average molecular weight is 278 g/mol. The van der Waals surface area contributed by atoms with Gasteiger partial charge in [-0.25, -0.2) is 0 Å². The lowest BCUT2D eigenvalue weighted by molar-refractivity contribution is -0.153. The van der Waals surface area contributed by atoms with Crippen LogP contribution in [0.25, 0.3) is 0 Å². The summed E-state index contributed by atoms with van der Waals surface area (Å²) in [6, 6.07) is 0. The van der Waals surface area contributed by atoms with Crippen molar-refractivity contribution in [3.8, 4) is 0 Å².